The Bertz CT molecular complexity index is 324. The molecule has 2 unspecified atom stereocenters. The van der Waals surface area contributed by atoms with Gasteiger partial charge in [-0.05, 0) is 6.92 Å². The molecule has 0 fully saturated rings. The number of aromatic amines is 1. The standard InChI is InChI=1S/C7H12N4O2S/c1-5(14(2)13)3-8-7(12)6-9-4-10-11-6/h4-5H,3H2,1-2H3,(H,8,12)(H,9,10,11). The molecule has 0 saturated heterocycles. The van der Waals surface area contributed by atoms with Gasteiger partial charge in [0.25, 0.3) is 5.91 Å². The number of carbonyl (C=O) groups excluding carboxylic acids is 1. The number of rotatable bonds is 4. The van der Waals surface area contributed by atoms with Gasteiger partial charge in [-0.3, -0.25) is 14.1 Å². The number of carbonyl (C=O) groups is 1. The third kappa shape index (κ3) is 2.91. The zero-order valence-electron chi connectivity index (χ0n) is 7.98. The summed E-state index contributed by atoms with van der Waals surface area (Å²) in [6.45, 7) is 2.17. The van der Waals surface area contributed by atoms with E-state index in [9.17, 15) is 9.00 Å². The summed E-state index contributed by atoms with van der Waals surface area (Å²) >= 11 is 0. The second kappa shape index (κ2) is 4.85. The normalized spacial score (nSPS) is 14.7. The van der Waals surface area contributed by atoms with Crippen molar-refractivity contribution < 1.29 is 9.00 Å². The van der Waals surface area contributed by atoms with Crippen molar-refractivity contribution in [2.75, 3.05) is 12.8 Å². The Morgan fingerprint density at radius 3 is 3.00 bits per heavy atom. The van der Waals surface area contributed by atoms with Crippen molar-refractivity contribution in [1.29, 1.82) is 0 Å². The van der Waals surface area contributed by atoms with E-state index in [4.69, 9.17) is 0 Å². The van der Waals surface area contributed by atoms with Crippen molar-refractivity contribution in [1.82, 2.24) is 20.5 Å². The summed E-state index contributed by atoms with van der Waals surface area (Å²) in [7, 11) is -0.934. The molecular weight excluding hydrogens is 204 g/mol. The minimum atomic E-state index is -0.934. The van der Waals surface area contributed by atoms with Crippen LogP contribution in [0.15, 0.2) is 6.33 Å². The van der Waals surface area contributed by atoms with Crippen molar-refractivity contribution >= 4 is 16.7 Å². The van der Waals surface area contributed by atoms with Gasteiger partial charge in [-0.15, -0.1) is 0 Å². The molecule has 1 aromatic heterocycles. The maximum Gasteiger partial charge on any atom is 0.288 e. The smallest absolute Gasteiger partial charge is 0.288 e. The maximum absolute atomic E-state index is 11.3. The van der Waals surface area contributed by atoms with Gasteiger partial charge in [0.1, 0.15) is 6.33 Å². The van der Waals surface area contributed by atoms with E-state index in [0.717, 1.165) is 0 Å². The van der Waals surface area contributed by atoms with E-state index in [1.807, 2.05) is 0 Å². The van der Waals surface area contributed by atoms with E-state index in [1.54, 1.807) is 13.2 Å². The van der Waals surface area contributed by atoms with Crippen LogP contribution in [-0.4, -0.2) is 43.3 Å². The SMILES string of the molecule is CC(CNC(=O)c1ncn[nH]1)S(C)=O. The van der Waals surface area contributed by atoms with Gasteiger partial charge in [0.2, 0.25) is 5.82 Å². The van der Waals surface area contributed by atoms with Gasteiger partial charge in [0.05, 0.1) is 0 Å². The Morgan fingerprint density at radius 2 is 2.50 bits per heavy atom. The van der Waals surface area contributed by atoms with Gasteiger partial charge in [-0.25, -0.2) is 4.98 Å². The van der Waals surface area contributed by atoms with E-state index in [1.165, 1.54) is 6.33 Å². The van der Waals surface area contributed by atoms with Crippen molar-refractivity contribution in [2.24, 2.45) is 0 Å². The second-order valence-corrected chi connectivity index (χ2v) is 4.66. The fraction of sp³-hybridized carbons (Fsp3) is 0.571. The minimum absolute atomic E-state index is 0.0677. The number of H-pyrrole nitrogens is 1. The Labute approximate surface area is 84.0 Å². The Morgan fingerprint density at radius 1 is 1.79 bits per heavy atom. The average Bonchev–Trinajstić information content (AvgIpc) is 2.66. The highest BCUT2D eigenvalue weighted by Gasteiger charge is 2.11. The highest BCUT2D eigenvalue weighted by Crippen LogP contribution is 1.91. The number of hydrogen-bond acceptors (Lipinski definition) is 4. The first-order valence-corrected chi connectivity index (χ1v) is 5.69. The Balaban J connectivity index is 2.40. The minimum Gasteiger partial charge on any atom is -0.348 e. The zero-order valence-corrected chi connectivity index (χ0v) is 8.80. The van der Waals surface area contributed by atoms with E-state index >= 15 is 0 Å². The summed E-state index contributed by atoms with van der Waals surface area (Å²) in [4.78, 5) is 15.0. The molecule has 0 aliphatic heterocycles. The summed E-state index contributed by atoms with van der Waals surface area (Å²) < 4.78 is 11.0. The van der Waals surface area contributed by atoms with E-state index in [-0.39, 0.29) is 17.0 Å². The molecule has 0 bridgehead atoms. The molecule has 0 radical (unpaired) electrons. The van der Waals surface area contributed by atoms with Crippen LogP contribution in [0.2, 0.25) is 0 Å². The van der Waals surface area contributed by atoms with E-state index < -0.39 is 10.8 Å². The number of nitrogens with one attached hydrogen (secondary N) is 2. The molecule has 2 atom stereocenters. The molecule has 1 amide bonds. The number of nitrogens with zero attached hydrogens (tertiary/aromatic N) is 2. The van der Waals surface area contributed by atoms with Gasteiger partial charge in [-0.1, -0.05) is 0 Å². The molecule has 7 heteroatoms. The predicted octanol–water partition coefficient (Wildman–Crippen LogP) is -0.699. The fourth-order valence-electron chi connectivity index (χ4n) is 0.752. The lowest BCUT2D eigenvalue weighted by atomic mass is 10.4. The van der Waals surface area contributed by atoms with Crippen LogP contribution in [0.1, 0.15) is 17.5 Å². The topological polar surface area (TPSA) is 87.7 Å². The molecule has 0 spiro atoms. The van der Waals surface area contributed by atoms with E-state index in [0.29, 0.717) is 6.54 Å². The van der Waals surface area contributed by atoms with Crippen LogP contribution in [0.25, 0.3) is 0 Å². The number of aromatic nitrogens is 3. The first-order valence-electron chi connectivity index (χ1n) is 4.07. The van der Waals surface area contributed by atoms with Gasteiger partial charge < -0.3 is 5.32 Å². The summed E-state index contributed by atoms with van der Waals surface area (Å²) in [5.74, 6) is -0.168. The van der Waals surface area contributed by atoms with Crippen LogP contribution in [0, 0.1) is 0 Å². The first kappa shape index (κ1) is 10.8. The molecule has 0 aliphatic rings. The summed E-state index contributed by atoms with van der Waals surface area (Å²) in [5.41, 5.74) is 0. The summed E-state index contributed by atoms with van der Waals surface area (Å²) in [6.07, 6.45) is 2.86. The van der Waals surface area contributed by atoms with Crippen molar-refractivity contribution in [2.45, 2.75) is 12.2 Å². The number of amides is 1. The lowest BCUT2D eigenvalue weighted by molar-refractivity contribution is 0.0944. The van der Waals surface area contributed by atoms with Crippen molar-refractivity contribution in [3.63, 3.8) is 0 Å². The quantitative estimate of drug-likeness (QED) is 0.696. The van der Waals surface area contributed by atoms with E-state index in [2.05, 4.69) is 20.5 Å². The van der Waals surface area contributed by atoms with Crippen LogP contribution in [-0.2, 0) is 10.8 Å². The summed E-state index contributed by atoms with van der Waals surface area (Å²) in [5, 5.41) is 8.52. The largest absolute Gasteiger partial charge is 0.348 e. The predicted molar refractivity (Wildman–Crippen MR) is 52.2 cm³/mol. The maximum atomic E-state index is 11.3. The van der Waals surface area contributed by atoms with Gasteiger partial charge in [0, 0.05) is 28.9 Å². The second-order valence-electron chi connectivity index (χ2n) is 2.85. The molecule has 0 saturated carbocycles. The van der Waals surface area contributed by atoms with Gasteiger partial charge in [0.15, 0.2) is 0 Å². The molecule has 1 rings (SSSR count). The van der Waals surface area contributed by atoms with Crippen LogP contribution in [0.5, 0.6) is 0 Å². The molecule has 6 nitrogen and oxygen atoms in total. The lowest BCUT2D eigenvalue weighted by Crippen LogP contribution is -2.33. The third-order valence-corrected chi connectivity index (χ3v) is 3.05. The number of hydrogen-bond donors (Lipinski definition) is 2. The highest BCUT2D eigenvalue weighted by molar-refractivity contribution is 7.84. The Kier molecular flexibility index (Phi) is 3.75. The zero-order chi connectivity index (χ0) is 10.6. The lowest BCUT2D eigenvalue weighted by Gasteiger charge is -2.08. The molecule has 1 heterocycles. The molecule has 0 aliphatic carbocycles. The monoisotopic (exact) mass is 216 g/mol. The molecule has 0 aromatic carbocycles. The van der Waals surface area contributed by atoms with Gasteiger partial charge in [-0.2, -0.15) is 5.10 Å². The molecule has 78 valence electrons. The van der Waals surface area contributed by atoms with Crippen LogP contribution < -0.4 is 5.32 Å². The van der Waals surface area contributed by atoms with Crippen LogP contribution in [0.4, 0.5) is 0 Å². The molecule has 2 N–H and O–H groups in total. The first-order chi connectivity index (χ1) is 6.61. The van der Waals surface area contributed by atoms with Gasteiger partial charge >= 0.3 is 0 Å². The fourth-order valence-corrected chi connectivity index (χ4v) is 1.07. The highest BCUT2D eigenvalue weighted by atomic mass is 32.2. The van der Waals surface area contributed by atoms with Crippen molar-refractivity contribution in [3.8, 4) is 0 Å². The van der Waals surface area contributed by atoms with Crippen LogP contribution >= 0.6 is 0 Å². The molecule has 14 heavy (non-hydrogen) atoms. The molecule has 1 aromatic rings. The van der Waals surface area contributed by atoms with Crippen molar-refractivity contribution in [3.05, 3.63) is 12.2 Å². The third-order valence-electron chi connectivity index (χ3n) is 1.75. The molecular formula is C7H12N4O2S. The Hall–Kier alpha value is -1.24. The summed E-state index contributed by atoms with van der Waals surface area (Å²) in [6, 6.07) is 0. The average molecular weight is 216 g/mol. The van der Waals surface area contributed by atoms with Crippen LogP contribution in [0.3, 0.4) is 0 Å².